The molecular weight excluding hydrogens is 442 g/mol. The minimum Gasteiger partial charge on any atom is -0.298 e. The lowest BCUT2D eigenvalue weighted by Crippen LogP contribution is -2.11. The van der Waals surface area contributed by atoms with Crippen LogP contribution < -0.4 is 5.32 Å². The highest BCUT2D eigenvalue weighted by Gasteiger charge is 2.17. The van der Waals surface area contributed by atoms with Gasteiger partial charge in [-0.1, -0.05) is 23.7 Å². The third kappa shape index (κ3) is 4.46. The van der Waals surface area contributed by atoms with E-state index >= 15 is 0 Å². The third-order valence-corrected chi connectivity index (χ3v) is 5.31. The highest BCUT2D eigenvalue weighted by Crippen LogP contribution is 2.27. The SMILES string of the molecule is O=C(Nc1ncc(Cc2ccc(Cl)cc2)s1)c1ccc(Br)c([N+](=O)[O-])c1. The molecule has 6 nitrogen and oxygen atoms in total. The lowest BCUT2D eigenvalue weighted by Gasteiger charge is -2.03. The number of rotatable bonds is 5. The Labute approximate surface area is 166 Å². The number of nitro benzene ring substituents is 1. The second-order valence-corrected chi connectivity index (χ2v) is 7.72. The number of amides is 1. The molecule has 0 atom stereocenters. The van der Waals surface area contributed by atoms with Gasteiger partial charge in [0.1, 0.15) is 0 Å². The van der Waals surface area contributed by atoms with Crippen molar-refractivity contribution in [2.24, 2.45) is 0 Å². The van der Waals surface area contributed by atoms with Gasteiger partial charge in [-0.3, -0.25) is 20.2 Å². The van der Waals surface area contributed by atoms with E-state index in [2.05, 4.69) is 26.2 Å². The highest BCUT2D eigenvalue weighted by molar-refractivity contribution is 9.10. The van der Waals surface area contributed by atoms with Crippen LogP contribution in [0.2, 0.25) is 5.02 Å². The summed E-state index contributed by atoms with van der Waals surface area (Å²) in [7, 11) is 0. The predicted molar refractivity (Wildman–Crippen MR) is 105 cm³/mol. The standard InChI is InChI=1S/C17H11BrClN3O3S/c18-14-6-3-11(8-15(14)22(24)25)16(23)21-17-20-9-13(26-17)7-10-1-4-12(19)5-2-10/h1-6,8-9H,7H2,(H,20,21,23). The normalized spacial score (nSPS) is 10.5. The van der Waals surface area contributed by atoms with Crippen molar-refractivity contribution in [3.63, 3.8) is 0 Å². The maximum Gasteiger partial charge on any atom is 0.284 e. The summed E-state index contributed by atoms with van der Waals surface area (Å²) in [5.74, 6) is -0.451. The van der Waals surface area contributed by atoms with E-state index in [1.807, 2.05) is 24.3 Å². The van der Waals surface area contributed by atoms with Crippen molar-refractivity contribution in [3.8, 4) is 0 Å². The Morgan fingerprint density at radius 1 is 1.27 bits per heavy atom. The van der Waals surface area contributed by atoms with Crippen molar-refractivity contribution >= 4 is 55.6 Å². The first-order valence-electron chi connectivity index (χ1n) is 7.37. The van der Waals surface area contributed by atoms with Gasteiger partial charge in [-0.2, -0.15) is 0 Å². The van der Waals surface area contributed by atoms with Crippen molar-refractivity contribution < 1.29 is 9.72 Å². The smallest absolute Gasteiger partial charge is 0.284 e. The first-order valence-corrected chi connectivity index (χ1v) is 9.35. The number of thiazole rings is 1. The molecule has 0 aliphatic carbocycles. The molecule has 1 N–H and O–H groups in total. The number of hydrogen-bond acceptors (Lipinski definition) is 5. The highest BCUT2D eigenvalue weighted by atomic mass is 79.9. The van der Waals surface area contributed by atoms with Crippen LogP contribution in [0, 0.1) is 10.1 Å². The van der Waals surface area contributed by atoms with Crippen LogP contribution in [0.4, 0.5) is 10.8 Å². The molecule has 0 radical (unpaired) electrons. The van der Waals surface area contributed by atoms with E-state index in [0.29, 0.717) is 21.0 Å². The van der Waals surface area contributed by atoms with Gasteiger partial charge in [0.2, 0.25) is 0 Å². The number of benzene rings is 2. The molecule has 0 fully saturated rings. The monoisotopic (exact) mass is 451 g/mol. The molecule has 1 aromatic heterocycles. The van der Waals surface area contributed by atoms with Gasteiger partial charge in [0.05, 0.1) is 9.40 Å². The van der Waals surface area contributed by atoms with Gasteiger partial charge in [-0.15, -0.1) is 11.3 Å². The maximum atomic E-state index is 12.3. The van der Waals surface area contributed by atoms with Gasteiger partial charge in [-0.25, -0.2) is 4.98 Å². The van der Waals surface area contributed by atoms with E-state index in [1.165, 1.54) is 29.5 Å². The number of nitrogens with zero attached hydrogens (tertiary/aromatic N) is 2. The molecule has 9 heteroatoms. The average Bonchev–Trinajstić information content (AvgIpc) is 3.04. The largest absolute Gasteiger partial charge is 0.298 e. The van der Waals surface area contributed by atoms with E-state index in [-0.39, 0.29) is 11.3 Å². The minimum absolute atomic E-state index is 0.166. The van der Waals surface area contributed by atoms with Crippen LogP contribution in [-0.4, -0.2) is 15.8 Å². The van der Waals surface area contributed by atoms with Crippen molar-refractivity contribution in [2.45, 2.75) is 6.42 Å². The van der Waals surface area contributed by atoms with Gasteiger partial charge >= 0.3 is 0 Å². The Morgan fingerprint density at radius 2 is 2.00 bits per heavy atom. The molecule has 3 aromatic rings. The van der Waals surface area contributed by atoms with Crippen LogP contribution >= 0.6 is 38.9 Å². The molecule has 132 valence electrons. The number of anilines is 1. The van der Waals surface area contributed by atoms with Gasteiger partial charge in [0.15, 0.2) is 5.13 Å². The number of nitro groups is 1. The molecule has 0 bridgehead atoms. The zero-order chi connectivity index (χ0) is 18.7. The second kappa shape index (κ2) is 7.94. The Hall–Kier alpha value is -2.29. The fraction of sp³-hybridized carbons (Fsp3) is 0.0588. The fourth-order valence-corrected chi connectivity index (χ4v) is 3.57. The molecule has 3 rings (SSSR count). The first-order chi connectivity index (χ1) is 12.4. The maximum absolute atomic E-state index is 12.3. The summed E-state index contributed by atoms with van der Waals surface area (Å²) in [5.41, 5.74) is 1.11. The Bertz CT molecular complexity index is 976. The molecule has 0 aliphatic heterocycles. The molecular formula is C17H11BrClN3O3S. The second-order valence-electron chi connectivity index (χ2n) is 5.31. The van der Waals surface area contributed by atoms with Gasteiger partial charge in [0, 0.05) is 34.1 Å². The van der Waals surface area contributed by atoms with Crippen molar-refractivity contribution in [3.05, 3.63) is 84.3 Å². The summed E-state index contributed by atoms with van der Waals surface area (Å²) in [4.78, 5) is 27.9. The van der Waals surface area contributed by atoms with Crippen molar-refractivity contribution in [1.82, 2.24) is 4.98 Å². The summed E-state index contributed by atoms with van der Waals surface area (Å²) in [6.07, 6.45) is 2.37. The minimum atomic E-state index is -0.547. The molecule has 2 aromatic carbocycles. The molecule has 0 saturated heterocycles. The number of carbonyl (C=O) groups is 1. The quantitative estimate of drug-likeness (QED) is 0.420. The lowest BCUT2D eigenvalue weighted by molar-refractivity contribution is -0.385. The molecule has 1 amide bonds. The molecule has 0 saturated carbocycles. The van der Waals surface area contributed by atoms with Gasteiger partial charge in [0.25, 0.3) is 11.6 Å². The topological polar surface area (TPSA) is 85.1 Å². The van der Waals surface area contributed by atoms with Crippen LogP contribution in [0.1, 0.15) is 20.8 Å². The van der Waals surface area contributed by atoms with E-state index in [0.717, 1.165) is 10.4 Å². The predicted octanol–water partition coefficient (Wildman–Crippen LogP) is 5.31. The number of carbonyl (C=O) groups excluding carboxylic acids is 1. The van der Waals surface area contributed by atoms with E-state index in [1.54, 1.807) is 6.20 Å². The summed E-state index contributed by atoms with van der Waals surface area (Å²) in [5, 5.41) is 14.8. The van der Waals surface area contributed by atoms with Crippen LogP contribution in [0.3, 0.4) is 0 Å². The van der Waals surface area contributed by atoms with Crippen LogP contribution in [0.15, 0.2) is 53.1 Å². The fourth-order valence-electron chi connectivity index (χ4n) is 2.21. The first kappa shape index (κ1) is 18.5. The Morgan fingerprint density at radius 3 is 2.69 bits per heavy atom. The summed E-state index contributed by atoms with van der Waals surface area (Å²) in [6.45, 7) is 0. The van der Waals surface area contributed by atoms with Crippen LogP contribution in [-0.2, 0) is 6.42 Å². The lowest BCUT2D eigenvalue weighted by atomic mass is 10.1. The van der Waals surface area contributed by atoms with E-state index in [4.69, 9.17) is 11.6 Å². The summed E-state index contributed by atoms with van der Waals surface area (Å²) in [6, 6.07) is 11.7. The zero-order valence-electron chi connectivity index (χ0n) is 13.1. The van der Waals surface area contributed by atoms with Crippen molar-refractivity contribution in [1.29, 1.82) is 0 Å². The number of halogens is 2. The summed E-state index contributed by atoms with van der Waals surface area (Å²) < 4.78 is 0.318. The number of aromatic nitrogens is 1. The molecule has 26 heavy (non-hydrogen) atoms. The molecule has 1 heterocycles. The average molecular weight is 453 g/mol. The Kier molecular flexibility index (Phi) is 5.65. The van der Waals surface area contributed by atoms with Gasteiger partial charge < -0.3 is 0 Å². The number of nitrogens with one attached hydrogen (secondary N) is 1. The number of hydrogen-bond donors (Lipinski definition) is 1. The van der Waals surface area contributed by atoms with Crippen LogP contribution in [0.5, 0.6) is 0 Å². The molecule has 0 aliphatic rings. The van der Waals surface area contributed by atoms with Gasteiger partial charge in [-0.05, 0) is 45.8 Å². The zero-order valence-corrected chi connectivity index (χ0v) is 16.3. The van der Waals surface area contributed by atoms with Crippen LogP contribution in [0.25, 0.3) is 0 Å². The molecule has 0 spiro atoms. The van der Waals surface area contributed by atoms with E-state index < -0.39 is 10.8 Å². The van der Waals surface area contributed by atoms with Crippen molar-refractivity contribution in [2.75, 3.05) is 5.32 Å². The summed E-state index contributed by atoms with van der Waals surface area (Å²) >= 11 is 10.3. The van der Waals surface area contributed by atoms with E-state index in [9.17, 15) is 14.9 Å². The third-order valence-electron chi connectivity index (χ3n) is 3.47. The molecule has 0 unspecified atom stereocenters. The Balaban J connectivity index is 1.70.